The minimum absolute atomic E-state index is 0.00400. The van der Waals surface area contributed by atoms with Gasteiger partial charge in [0.2, 0.25) is 0 Å². The summed E-state index contributed by atoms with van der Waals surface area (Å²) in [5, 5.41) is 3.16. The molecule has 1 N–H and O–H groups in total. The molecule has 2 aromatic carbocycles. The van der Waals surface area contributed by atoms with Crippen LogP contribution in [-0.2, 0) is 6.42 Å². The Balaban J connectivity index is 1.43. The first-order chi connectivity index (χ1) is 13.2. The van der Waals surface area contributed by atoms with E-state index in [9.17, 15) is 9.59 Å². The molecule has 4 nitrogen and oxygen atoms in total. The molecule has 0 unspecified atom stereocenters. The number of benzene rings is 2. The minimum atomic E-state index is -0.0348. The molecule has 1 aliphatic carbocycles. The Labute approximate surface area is 160 Å². The number of anilines is 1. The van der Waals surface area contributed by atoms with Crippen molar-refractivity contribution in [2.45, 2.75) is 51.0 Å². The van der Waals surface area contributed by atoms with E-state index in [1.54, 1.807) is 24.3 Å². The molecule has 0 saturated heterocycles. The van der Waals surface area contributed by atoms with Gasteiger partial charge < -0.3 is 10.2 Å². The number of carbonyl (C=O) groups is 2. The zero-order valence-corrected chi connectivity index (χ0v) is 15.6. The molecule has 2 aliphatic rings. The van der Waals surface area contributed by atoms with Gasteiger partial charge in [0.05, 0.1) is 0 Å². The average Bonchev–Trinajstić information content (AvgIpc) is 2.97. The number of rotatable bonds is 3. The molecular formula is C23H26N2O2. The summed E-state index contributed by atoms with van der Waals surface area (Å²) in [4.78, 5) is 27.2. The topological polar surface area (TPSA) is 49.4 Å². The highest BCUT2D eigenvalue weighted by Crippen LogP contribution is 2.28. The van der Waals surface area contributed by atoms with Crippen molar-refractivity contribution in [3.8, 4) is 0 Å². The number of nitrogens with one attached hydrogen (secondary N) is 1. The highest BCUT2D eigenvalue weighted by Gasteiger charge is 2.25. The van der Waals surface area contributed by atoms with Crippen molar-refractivity contribution in [2.75, 3.05) is 11.4 Å². The smallest absolute Gasteiger partial charge is 0.258 e. The number of para-hydroxylation sites is 1. The van der Waals surface area contributed by atoms with Gasteiger partial charge in [-0.3, -0.25) is 9.59 Å². The maximum Gasteiger partial charge on any atom is 0.258 e. The Bertz CT molecular complexity index is 821. The molecule has 0 atom stereocenters. The summed E-state index contributed by atoms with van der Waals surface area (Å²) < 4.78 is 0. The summed E-state index contributed by atoms with van der Waals surface area (Å²) in [5.74, 6) is -0.0388. The molecule has 1 aliphatic heterocycles. The summed E-state index contributed by atoms with van der Waals surface area (Å²) in [6.07, 6.45) is 7.94. The molecule has 0 spiro atoms. The van der Waals surface area contributed by atoms with Crippen molar-refractivity contribution in [1.29, 1.82) is 0 Å². The van der Waals surface area contributed by atoms with Crippen molar-refractivity contribution in [1.82, 2.24) is 5.32 Å². The summed E-state index contributed by atoms with van der Waals surface area (Å²) in [5.41, 5.74) is 3.46. The van der Waals surface area contributed by atoms with E-state index < -0.39 is 0 Å². The zero-order valence-electron chi connectivity index (χ0n) is 15.6. The van der Waals surface area contributed by atoms with Crippen LogP contribution in [0.3, 0.4) is 0 Å². The fourth-order valence-corrected chi connectivity index (χ4v) is 4.16. The van der Waals surface area contributed by atoms with Crippen molar-refractivity contribution in [2.24, 2.45) is 0 Å². The largest absolute Gasteiger partial charge is 0.349 e. The van der Waals surface area contributed by atoms with Gasteiger partial charge in [0, 0.05) is 29.4 Å². The molecule has 27 heavy (non-hydrogen) atoms. The number of hydrogen-bond acceptors (Lipinski definition) is 2. The van der Waals surface area contributed by atoms with Crippen LogP contribution in [0.5, 0.6) is 0 Å². The number of nitrogens with zero attached hydrogens (tertiary/aromatic N) is 1. The van der Waals surface area contributed by atoms with Gasteiger partial charge in [-0.1, -0.05) is 43.9 Å². The van der Waals surface area contributed by atoms with Crippen molar-refractivity contribution in [3.05, 3.63) is 65.2 Å². The Kier molecular flexibility index (Phi) is 5.23. The monoisotopic (exact) mass is 362 g/mol. The fraction of sp³-hybridized carbons (Fsp3) is 0.391. The summed E-state index contributed by atoms with van der Waals surface area (Å²) in [6, 6.07) is 15.4. The average molecular weight is 362 g/mol. The van der Waals surface area contributed by atoms with Crippen LogP contribution >= 0.6 is 0 Å². The third kappa shape index (κ3) is 3.90. The second-order valence-corrected chi connectivity index (χ2v) is 7.57. The standard InChI is InChI=1S/C23H26N2O2/c26-22(24-20-8-3-1-2-4-9-20)18-11-13-19(14-12-18)23(27)25-16-15-17-7-5-6-10-21(17)25/h5-7,10-14,20H,1-4,8-9,15-16H2,(H,24,26). The lowest BCUT2D eigenvalue weighted by Gasteiger charge is -2.18. The van der Waals surface area contributed by atoms with Crippen LogP contribution in [0.15, 0.2) is 48.5 Å². The van der Waals surface area contributed by atoms with Gasteiger partial charge in [0.1, 0.15) is 0 Å². The van der Waals surface area contributed by atoms with E-state index in [0.717, 1.165) is 24.9 Å². The lowest BCUT2D eigenvalue weighted by atomic mass is 10.1. The maximum absolute atomic E-state index is 12.9. The van der Waals surface area contributed by atoms with Gasteiger partial charge in [-0.2, -0.15) is 0 Å². The molecule has 1 saturated carbocycles. The molecule has 0 aromatic heterocycles. The molecule has 0 bridgehead atoms. The lowest BCUT2D eigenvalue weighted by Crippen LogP contribution is -2.34. The van der Waals surface area contributed by atoms with Crippen LogP contribution in [-0.4, -0.2) is 24.4 Å². The Morgan fingerprint density at radius 2 is 1.52 bits per heavy atom. The molecule has 1 heterocycles. The normalized spacial score (nSPS) is 17.3. The van der Waals surface area contributed by atoms with Crippen LogP contribution in [0, 0.1) is 0 Å². The Morgan fingerprint density at radius 3 is 2.26 bits per heavy atom. The number of fused-ring (bicyclic) bond motifs is 1. The first-order valence-electron chi connectivity index (χ1n) is 10.0. The summed E-state index contributed by atoms with van der Waals surface area (Å²) in [6.45, 7) is 0.710. The lowest BCUT2D eigenvalue weighted by molar-refractivity contribution is 0.0931. The third-order valence-electron chi connectivity index (χ3n) is 5.72. The molecule has 2 amide bonds. The van der Waals surface area contributed by atoms with E-state index in [1.165, 1.54) is 31.2 Å². The van der Waals surface area contributed by atoms with Gasteiger partial charge in [-0.15, -0.1) is 0 Å². The van der Waals surface area contributed by atoms with Crippen molar-refractivity contribution in [3.63, 3.8) is 0 Å². The molecule has 2 aromatic rings. The molecule has 4 heteroatoms. The van der Waals surface area contributed by atoms with Crippen LogP contribution in [0.1, 0.15) is 64.8 Å². The molecule has 140 valence electrons. The zero-order chi connectivity index (χ0) is 18.6. The van der Waals surface area contributed by atoms with Crippen LogP contribution in [0.25, 0.3) is 0 Å². The molecule has 1 fully saturated rings. The predicted molar refractivity (Wildman–Crippen MR) is 107 cm³/mol. The van der Waals surface area contributed by atoms with E-state index in [1.807, 2.05) is 23.1 Å². The number of amides is 2. The van der Waals surface area contributed by atoms with E-state index in [0.29, 0.717) is 17.7 Å². The SMILES string of the molecule is O=C(NC1CCCCCC1)c1ccc(C(=O)N2CCc3ccccc32)cc1. The van der Waals surface area contributed by atoms with Crippen LogP contribution < -0.4 is 10.2 Å². The molecule has 4 rings (SSSR count). The minimum Gasteiger partial charge on any atom is -0.349 e. The van der Waals surface area contributed by atoms with E-state index in [-0.39, 0.29) is 17.9 Å². The highest BCUT2D eigenvalue weighted by atomic mass is 16.2. The first-order valence-corrected chi connectivity index (χ1v) is 10.0. The van der Waals surface area contributed by atoms with Gasteiger partial charge in [0.25, 0.3) is 11.8 Å². The Morgan fingerprint density at radius 1 is 0.852 bits per heavy atom. The third-order valence-corrected chi connectivity index (χ3v) is 5.72. The van der Waals surface area contributed by atoms with Gasteiger partial charge in [0.15, 0.2) is 0 Å². The second kappa shape index (κ2) is 7.95. The quantitative estimate of drug-likeness (QED) is 0.826. The van der Waals surface area contributed by atoms with Gasteiger partial charge in [-0.25, -0.2) is 0 Å². The van der Waals surface area contributed by atoms with E-state index >= 15 is 0 Å². The summed E-state index contributed by atoms with van der Waals surface area (Å²) in [7, 11) is 0. The highest BCUT2D eigenvalue weighted by molar-refractivity contribution is 6.07. The molecule has 0 radical (unpaired) electrons. The Hall–Kier alpha value is -2.62. The first kappa shape index (κ1) is 17.8. The molecular weight excluding hydrogens is 336 g/mol. The maximum atomic E-state index is 12.9. The van der Waals surface area contributed by atoms with Gasteiger partial charge >= 0.3 is 0 Å². The van der Waals surface area contributed by atoms with Crippen LogP contribution in [0.4, 0.5) is 5.69 Å². The van der Waals surface area contributed by atoms with E-state index in [4.69, 9.17) is 0 Å². The van der Waals surface area contributed by atoms with Gasteiger partial charge in [-0.05, 0) is 55.2 Å². The van der Waals surface area contributed by atoms with Crippen LogP contribution in [0.2, 0.25) is 0 Å². The van der Waals surface area contributed by atoms with Crippen molar-refractivity contribution < 1.29 is 9.59 Å². The predicted octanol–water partition coefficient (Wildman–Crippen LogP) is 4.34. The summed E-state index contributed by atoms with van der Waals surface area (Å²) >= 11 is 0. The fourth-order valence-electron chi connectivity index (χ4n) is 4.16. The second-order valence-electron chi connectivity index (χ2n) is 7.57. The number of hydrogen-bond donors (Lipinski definition) is 1. The number of carbonyl (C=O) groups excluding carboxylic acids is 2. The van der Waals surface area contributed by atoms with Crippen molar-refractivity contribution >= 4 is 17.5 Å². The van der Waals surface area contributed by atoms with E-state index in [2.05, 4.69) is 11.4 Å².